The molecule has 1 aliphatic heterocycles. The summed E-state index contributed by atoms with van der Waals surface area (Å²) < 4.78 is 0. The van der Waals surface area contributed by atoms with Gasteiger partial charge >= 0.3 is 5.97 Å². The van der Waals surface area contributed by atoms with Crippen LogP contribution >= 0.6 is 11.6 Å². The van der Waals surface area contributed by atoms with Crippen molar-refractivity contribution in [2.24, 2.45) is 11.8 Å². The van der Waals surface area contributed by atoms with Crippen LogP contribution in [0.3, 0.4) is 0 Å². The van der Waals surface area contributed by atoms with Crippen LogP contribution in [0.5, 0.6) is 0 Å². The number of anilines is 1. The second-order valence-corrected chi connectivity index (χ2v) is 6.06. The van der Waals surface area contributed by atoms with Gasteiger partial charge in [0.05, 0.1) is 12.5 Å². The van der Waals surface area contributed by atoms with Crippen molar-refractivity contribution in [2.45, 2.75) is 13.8 Å². The first kappa shape index (κ1) is 15.8. The number of carbonyl (C=O) groups excluding carboxylic acids is 1. The van der Waals surface area contributed by atoms with E-state index in [9.17, 15) is 9.59 Å². The minimum Gasteiger partial charge on any atom is -0.481 e. The van der Waals surface area contributed by atoms with Crippen LogP contribution in [0.2, 0.25) is 5.02 Å². The Morgan fingerprint density at radius 3 is 2.71 bits per heavy atom. The number of carboxylic acids is 1. The van der Waals surface area contributed by atoms with Gasteiger partial charge in [-0.2, -0.15) is 0 Å². The third kappa shape index (κ3) is 3.95. The molecule has 2 atom stereocenters. The summed E-state index contributed by atoms with van der Waals surface area (Å²) in [5.41, 5.74) is 1.63. The van der Waals surface area contributed by atoms with Crippen LogP contribution in [-0.4, -0.2) is 41.5 Å². The quantitative estimate of drug-likeness (QED) is 0.895. The molecule has 1 aliphatic rings. The third-order valence-corrected chi connectivity index (χ3v) is 4.07. The van der Waals surface area contributed by atoms with E-state index in [1.807, 2.05) is 18.7 Å². The van der Waals surface area contributed by atoms with E-state index in [4.69, 9.17) is 16.7 Å². The average molecular weight is 311 g/mol. The standard InChI is InChI=1S/C15H19ClN2O3/c1-9-5-11(16)3-4-13(9)17-14(19)8-18-6-10(2)12(7-18)15(20)21/h3-5,10,12H,6-8H2,1-2H3,(H,17,19)(H,20,21)/t10-,12-/m1/s1. The topological polar surface area (TPSA) is 69.6 Å². The summed E-state index contributed by atoms with van der Waals surface area (Å²) in [6.07, 6.45) is 0. The Morgan fingerprint density at radius 1 is 1.43 bits per heavy atom. The second-order valence-electron chi connectivity index (χ2n) is 5.62. The molecule has 1 heterocycles. The van der Waals surface area contributed by atoms with Gasteiger partial charge in [-0.25, -0.2) is 0 Å². The van der Waals surface area contributed by atoms with Gasteiger partial charge in [0.1, 0.15) is 0 Å². The minimum absolute atomic E-state index is 0.0626. The SMILES string of the molecule is Cc1cc(Cl)ccc1NC(=O)CN1C[C@@H](C)[C@H](C(=O)O)C1. The number of hydrogen-bond acceptors (Lipinski definition) is 3. The predicted molar refractivity (Wildman–Crippen MR) is 81.5 cm³/mol. The van der Waals surface area contributed by atoms with E-state index in [2.05, 4.69) is 5.32 Å². The molecule has 0 radical (unpaired) electrons. The van der Waals surface area contributed by atoms with Gasteiger partial charge in [-0.15, -0.1) is 0 Å². The van der Waals surface area contributed by atoms with E-state index in [-0.39, 0.29) is 18.4 Å². The number of aryl methyl sites for hydroxylation is 1. The summed E-state index contributed by atoms with van der Waals surface area (Å²) in [6.45, 7) is 5.03. The maximum Gasteiger partial charge on any atom is 0.308 e. The van der Waals surface area contributed by atoms with Crippen molar-refractivity contribution in [3.8, 4) is 0 Å². The van der Waals surface area contributed by atoms with Crippen LogP contribution in [0.25, 0.3) is 0 Å². The number of rotatable bonds is 4. The van der Waals surface area contributed by atoms with Gasteiger partial charge in [0.25, 0.3) is 0 Å². The number of carbonyl (C=O) groups is 2. The zero-order chi connectivity index (χ0) is 15.6. The maximum atomic E-state index is 12.1. The number of halogens is 1. The fraction of sp³-hybridized carbons (Fsp3) is 0.467. The zero-order valence-corrected chi connectivity index (χ0v) is 12.9. The molecule has 21 heavy (non-hydrogen) atoms. The smallest absolute Gasteiger partial charge is 0.308 e. The first-order valence-corrected chi connectivity index (χ1v) is 7.25. The summed E-state index contributed by atoms with van der Waals surface area (Å²) >= 11 is 5.88. The highest BCUT2D eigenvalue weighted by molar-refractivity contribution is 6.30. The van der Waals surface area contributed by atoms with Crippen molar-refractivity contribution in [1.29, 1.82) is 0 Å². The summed E-state index contributed by atoms with van der Waals surface area (Å²) in [7, 11) is 0. The lowest BCUT2D eigenvalue weighted by Gasteiger charge is -2.15. The van der Waals surface area contributed by atoms with Gasteiger partial charge in [0.15, 0.2) is 0 Å². The van der Waals surface area contributed by atoms with E-state index >= 15 is 0 Å². The lowest BCUT2D eigenvalue weighted by molar-refractivity contribution is -0.142. The van der Waals surface area contributed by atoms with Gasteiger partial charge in [0.2, 0.25) is 5.91 Å². The molecule has 1 amide bonds. The van der Waals surface area contributed by atoms with E-state index in [1.54, 1.807) is 18.2 Å². The lowest BCUT2D eigenvalue weighted by Crippen LogP contribution is -2.32. The molecule has 2 rings (SSSR count). The Bertz CT molecular complexity index is 562. The van der Waals surface area contributed by atoms with Crippen LogP contribution in [0, 0.1) is 18.8 Å². The van der Waals surface area contributed by atoms with E-state index < -0.39 is 11.9 Å². The number of carboxylic acid groups (broad SMARTS) is 1. The van der Waals surface area contributed by atoms with Gasteiger partial charge in [0, 0.05) is 23.8 Å². The number of nitrogens with zero attached hydrogens (tertiary/aromatic N) is 1. The van der Waals surface area contributed by atoms with Crippen LogP contribution < -0.4 is 5.32 Å². The first-order chi connectivity index (χ1) is 9.86. The largest absolute Gasteiger partial charge is 0.481 e. The normalized spacial score (nSPS) is 22.2. The Hall–Kier alpha value is -1.59. The lowest BCUT2D eigenvalue weighted by atomic mass is 9.99. The number of aliphatic carboxylic acids is 1. The molecule has 114 valence electrons. The van der Waals surface area contributed by atoms with Crippen LogP contribution in [-0.2, 0) is 9.59 Å². The van der Waals surface area contributed by atoms with Crippen molar-refractivity contribution in [1.82, 2.24) is 4.90 Å². The Labute approximate surface area is 128 Å². The highest BCUT2D eigenvalue weighted by Gasteiger charge is 2.35. The molecule has 6 heteroatoms. The number of likely N-dealkylation sites (tertiary alicyclic amines) is 1. The van der Waals surface area contributed by atoms with Crippen LogP contribution in [0.15, 0.2) is 18.2 Å². The summed E-state index contributed by atoms with van der Waals surface area (Å²) in [6, 6.07) is 5.28. The maximum absolute atomic E-state index is 12.1. The van der Waals surface area contributed by atoms with Gasteiger partial charge in [-0.05, 0) is 36.6 Å². The molecule has 0 spiro atoms. The molecule has 0 aromatic heterocycles. The first-order valence-electron chi connectivity index (χ1n) is 6.88. The van der Waals surface area contributed by atoms with Crippen LogP contribution in [0.1, 0.15) is 12.5 Å². The molecule has 2 N–H and O–H groups in total. The number of benzene rings is 1. The minimum atomic E-state index is -0.793. The van der Waals surface area contributed by atoms with E-state index in [1.165, 1.54) is 0 Å². The van der Waals surface area contributed by atoms with Crippen molar-refractivity contribution in [3.05, 3.63) is 28.8 Å². The molecule has 1 fully saturated rings. The molecule has 0 bridgehead atoms. The highest BCUT2D eigenvalue weighted by Crippen LogP contribution is 2.23. The summed E-state index contributed by atoms with van der Waals surface area (Å²) in [5.74, 6) is -1.26. The van der Waals surface area contributed by atoms with Gasteiger partial charge in [-0.1, -0.05) is 18.5 Å². The molecule has 0 aliphatic carbocycles. The molecular weight excluding hydrogens is 292 g/mol. The van der Waals surface area contributed by atoms with E-state index in [0.29, 0.717) is 18.1 Å². The van der Waals surface area contributed by atoms with E-state index in [0.717, 1.165) is 11.3 Å². The average Bonchev–Trinajstić information content (AvgIpc) is 2.74. The number of nitrogens with one attached hydrogen (secondary N) is 1. The molecular formula is C15H19ClN2O3. The Morgan fingerprint density at radius 2 is 2.14 bits per heavy atom. The predicted octanol–water partition coefficient (Wildman–Crippen LogP) is 2.24. The highest BCUT2D eigenvalue weighted by atomic mass is 35.5. The van der Waals surface area contributed by atoms with Gasteiger partial charge in [-0.3, -0.25) is 14.5 Å². The van der Waals surface area contributed by atoms with Crippen molar-refractivity contribution >= 4 is 29.2 Å². The number of amides is 1. The fourth-order valence-corrected chi connectivity index (χ4v) is 2.90. The summed E-state index contributed by atoms with van der Waals surface area (Å²) in [4.78, 5) is 25.0. The second kappa shape index (κ2) is 6.45. The zero-order valence-electron chi connectivity index (χ0n) is 12.1. The van der Waals surface area contributed by atoms with Crippen LogP contribution in [0.4, 0.5) is 5.69 Å². The Kier molecular flexibility index (Phi) is 4.85. The van der Waals surface area contributed by atoms with Crippen molar-refractivity contribution < 1.29 is 14.7 Å². The molecule has 1 aromatic carbocycles. The third-order valence-electron chi connectivity index (χ3n) is 3.83. The molecule has 5 nitrogen and oxygen atoms in total. The number of hydrogen-bond donors (Lipinski definition) is 2. The Balaban J connectivity index is 1.92. The van der Waals surface area contributed by atoms with Gasteiger partial charge < -0.3 is 10.4 Å². The molecule has 1 saturated heterocycles. The fourth-order valence-electron chi connectivity index (χ4n) is 2.68. The monoisotopic (exact) mass is 310 g/mol. The van der Waals surface area contributed by atoms with Crippen molar-refractivity contribution in [2.75, 3.05) is 25.0 Å². The molecule has 0 unspecified atom stereocenters. The molecule has 0 saturated carbocycles. The molecule has 1 aromatic rings. The summed E-state index contributed by atoms with van der Waals surface area (Å²) in [5, 5.41) is 12.6. The van der Waals surface area contributed by atoms with Crippen molar-refractivity contribution in [3.63, 3.8) is 0 Å².